The molecule has 0 saturated carbocycles. The Balaban J connectivity index is 2.15. The lowest BCUT2D eigenvalue weighted by molar-refractivity contribution is -0.462. The molecule has 0 amide bonds. The van der Waals surface area contributed by atoms with Gasteiger partial charge in [-0.15, -0.1) is 0 Å². The molecule has 104 valence electrons. The molecule has 0 N–H and O–H groups in total. The van der Waals surface area contributed by atoms with Gasteiger partial charge in [0.15, 0.2) is 5.71 Å². The van der Waals surface area contributed by atoms with E-state index in [0.717, 1.165) is 5.57 Å². The average molecular weight is 267 g/mol. The number of hydrogen-bond acceptors (Lipinski definition) is 1. The molecular weight excluding hydrogens is 244 g/mol. The lowest BCUT2D eigenvalue weighted by atomic mass is 9.90. The van der Waals surface area contributed by atoms with Crippen LogP contribution in [0.3, 0.4) is 0 Å². The Bertz CT molecular complexity index is 566. The van der Waals surface area contributed by atoms with Gasteiger partial charge < -0.3 is 4.90 Å². The van der Waals surface area contributed by atoms with Crippen LogP contribution >= 0.6 is 0 Å². The molecule has 1 aliphatic rings. The fraction of sp³-hybridized carbons (Fsp3) is 0.278. The third-order valence-corrected chi connectivity index (χ3v) is 3.62. The van der Waals surface area contributed by atoms with Crippen LogP contribution in [0.2, 0.25) is 0 Å². The Kier molecular flexibility index (Phi) is 4.23. The van der Waals surface area contributed by atoms with Crippen LogP contribution in [0.4, 0.5) is 5.69 Å². The molecule has 0 fully saturated rings. The Hall–Kier alpha value is -2.09. The van der Waals surface area contributed by atoms with Crippen LogP contribution in [0.5, 0.6) is 0 Å². The predicted octanol–water partition coefficient (Wildman–Crippen LogP) is 3.22. The predicted molar refractivity (Wildman–Crippen MR) is 88.7 cm³/mol. The van der Waals surface area contributed by atoms with Gasteiger partial charge in [0.25, 0.3) is 0 Å². The van der Waals surface area contributed by atoms with Crippen LogP contribution in [-0.4, -0.2) is 38.5 Å². The number of hydrogen-bond donors (Lipinski definition) is 0. The largest absolute Gasteiger partial charge is 0.378 e. The minimum Gasteiger partial charge on any atom is -0.378 e. The molecular formula is C18H23N2+. The number of anilines is 1. The first-order valence-corrected chi connectivity index (χ1v) is 6.86. The summed E-state index contributed by atoms with van der Waals surface area (Å²) in [6.07, 6.45) is 8.73. The monoisotopic (exact) mass is 267 g/mol. The summed E-state index contributed by atoms with van der Waals surface area (Å²) < 4.78 is 2.11. The van der Waals surface area contributed by atoms with Crippen molar-refractivity contribution < 1.29 is 4.58 Å². The van der Waals surface area contributed by atoms with E-state index >= 15 is 0 Å². The molecule has 1 aliphatic carbocycles. The molecule has 0 bridgehead atoms. The standard InChI is InChI=1S/C18H23N2/c1-14(15-6-10-17(11-7-15)19(2)3)16-8-12-18(13-9-16)20(4)5/h6-13,15H,1H2,2-5H3/q+1. The summed E-state index contributed by atoms with van der Waals surface area (Å²) >= 11 is 0. The van der Waals surface area contributed by atoms with Gasteiger partial charge in [0.05, 0.1) is 0 Å². The van der Waals surface area contributed by atoms with E-state index in [-0.39, 0.29) is 5.92 Å². The fourth-order valence-corrected chi connectivity index (χ4v) is 2.22. The molecule has 1 aromatic rings. The highest BCUT2D eigenvalue weighted by atomic mass is 15.1. The van der Waals surface area contributed by atoms with Crippen molar-refractivity contribution in [3.63, 3.8) is 0 Å². The van der Waals surface area contributed by atoms with Gasteiger partial charge in [-0.05, 0) is 23.3 Å². The summed E-state index contributed by atoms with van der Waals surface area (Å²) in [5.74, 6) is 0.281. The van der Waals surface area contributed by atoms with E-state index in [0.29, 0.717) is 0 Å². The van der Waals surface area contributed by atoms with Gasteiger partial charge in [0.2, 0.25) is 0 Å². The molecule has 0 radical (unpaired) electrons. The van der Waals surface area contributed by atoms with Crippen LogP contribution < -0.4 is 4.90 Å². The van der Waals surface area contributed by atoms with Gasteiger partial charge in [0, 0.05) is 37.9 Å². The van der Waals surface area contributed by atoms with E-state index in [4.69, 9.17) is 0 Å². The van der Waals surface area contributed by atoms with Gasteiger partial charge in [-0.1, -0.05) is 30.9 Å². The van der Waals surface area contributed by atoms with Crippen molar-refractivity contribution in [3.05, 3.63) is 60.7 Å². The van der Waals surface area contributed by atoms with Crippen LogP contribution in [0.1, 0.15) is 5.56 Å². The lowest BCUT2D eigenvalue weighted by Crippen LogP contribution is -2.12. The van der Waals surface area contributed by atoms with Crippen molar-refractivity contribution in [2.24, 2.45) is 5.92 Å². The van der Waals surface area contributed by atoms with E-state index in [2.05, 4.69) is 92.8 Å². The fourth-order valence-electron chi connectivity index (χ4n) is 2.22. The summed E-state index contributed by atoms with van der Waals surface area (Å²) in [5.41, 5.74) is 4.76. The van der Waals surface area contributed by atoms with Gasteiger partial charge in [0.1, 0.15) is 14.1 Å². The summed E-state index contributed by atoms with van der Waals surface area (Å²) in [5, 5.41) is 0. The van der Waals surface area contributed by atoms with Crippen molar-refractivity contribution in [2.75, 3.05) is 33.1 Å². The second kappa shape index (κ2) is 5.91. The smallest absolute Gasteiger partial charge is 0.198 e. The van der Waals surface area contributed by atoms with Gasteiger partial charge >= 0.3 is 0 Å². The number of benzene rings is 1. The molecule has 0 aliphatic heterocycles. The normalized spacial score (nSPS) is 17.2. The molecule has 2 nitrogen and oxygen atoms in total. The van der Waals surface area contributed by atoms with Crippen molar-refractivity contribution >= 4 is 17.0 Å². The summed E-state index contributed by atoms with van der Waals surface area (Å²) in [6.45, 7) is 4.25. The Morgan fingerprint density at radius 2 is 1.60 bits per heavy atom. The van der Waals surface area contributed by atoms with E-state index in [1.54, 1.807) is 0 Å². The van der Waals surface area contributed by atoms with Gasteiger partial charge in [-0.25, -0.2) is 4.58 Å². The van der Waals surface area contributed by atoms with Crippen molar-refractivity contribution in [1.29, 1.82) is 0 Å². The minimum absolute atomic E-state index is 0.281. The molecule has 2 rings (SSSR count). The van der Waals surface area contributed by atoms with Crippen LogP contribution in [-0.2, 0) is 0 Å². The zero-order valence-corrected chi connectivity index (χ0v) is 12.8. The number of allylic oxidation sites excluding steroid dienone is 5. The first kappa shape index (κ1) is 14.3. The number of nitrogens with zero attached hydrogens (tertiary/aromatic N) is 2. The molecule has 0 spiro atoms. The summed E-state index contributed by atoms with van der Waals surface area (Å²) in [6, 6.07) is 8.55. The maximum Gasteiger partial charge on any atom is 0.198 e. The van der Waals surface area contributed by atoms with Crippen LogP contribution in [0, 0.1) is 5.92 Å². The van der Waals surface area contributed by atoms with E-state index in [9.17, 15) is 0 Å². The number of rotatable bonds is 3. The second-order valence-corrected chi connectivity index (χ2v) is 5.53. The Morgan fingerprint density at radius 1 is 1.05 bits per heavy atom. The molecule has 2 heteroatoms. The van der Waals surface area contributed by atoms with Gasteiger partial charge in [-0.2, -0.15) is 0 Å². The summed E-state index contributed by atoms with van der Waals surface area (Å²) in [4.78, 5) is 2.10. The molecule has 0 atom stereocenters. The highest BCUT2D eigenvalue weighted by molar-refractivity contribution is 6.01. The molecule has 0 unspecified atom stereocenters. The third-order valence-electron chi connectivity index (χ3n) is 3.62. The molecule has 0 heterocycles. The SMILES string of the molecule is C=C(c1ccc(N(C)C)cc1)C1C=CC(=[N+](C)C)C=C1. The van der Waals surface area contributed by atoms with Crippen LogP contribution in [0.25, 0.3) is 5.57 Å². The zero-order valence-electron chi connectivity index (χ0n) is 12.8. The quantitative estimate of drug-likeness (QED) is 0.762. The Morgan fingerprint density at radius 3 is 2.05 bits per heavy atom. The maximum atomic E-state index is 4.25. The van der Waals surface area contributed by atoms with E-state index in [1.807, 2.05) is 0 Å². The van der Waals surface area contributed by atoms with Gasteiger partial charge in [-0.3, -0.25) is 0 Å². The van der Waals surface area contributed by atoms with E-state index < -0.39 is 0 Å². The highest BCUT2D eigenvalue weighted by Crippen LogP contribution is 2.27. The topological polar surface area (TPSA) is 6.25 Å². The first-order chi connectivity index (χ1) is 9.49. The van der Waals surface area contributed by atoms with E-state index in [1.165, 1.54) is 17.0 Å². The zero-order chi connectivity index (χ0) is 14.7. The lowest BCUT2D eigenvalue weighted by Gasteiger charge is -2.17. The average Bonchev–Trinajstić information content (AvgIpc) is 2.46. The molecule has 0 aromatic heterocycles. The molecule has 20 heavy (non-hydrogen) atoms. The van der Waals surface area contributed by atoms with Crippen molar-refractivity contribution in [1.82, 2.24) is 0 Å². The second-order valence-electron chi connectivity index (χ2n) is 5.53. The van der Waals surface area contributed by atoms with Crippen molar-refractivity contribution in [3.8, 4) is 0 Å². The van der Waals surface area contributed by atoms with Crippen LogP contribution in [0.15, 0.2) is 55.1 Å². The highest BCUT2D eigenvalue weighted by Gasteiger charge is 2.13. The summed E-state index contributed by atoms with van der Waals surface area (Å²) in [7, 11) is 8.21. The Labute approximate surface area is 122 Å². The maximum absolute atomic E-state index is 4.25. The first-order valence-electron chi connectivity index (χ1n) is 6.86. The minimum atomic E-state index is 0.281. The molecule has 0 saturated heterocycles. The van der Waals surface area contributed by atoms with Crippen molar-refractivity contribution in [2.45, 2.75) is 0 Å². The third kappa shape index (κ3) is 3.08. The molecule has 1 aromatic carbocycles.